The van der Waals surface area contributed by atoms with E-state index < -0.39 is 30.0 Å². The van der Waals surface area contributed by atoms with Gasteiger partial charge < -0.3 is 26.4 Å². The summed E-state index contributed by atoms with van der Waals surface area (Å²) in [5.41, 5.74) is 4.93. The molecule has 1 unspecified atom stereocenters. The summed E-state index contributed by atoms with van der Waals surface area (Å²) >= 11 is 0. The second-order valence-corrected chi connectivity index (χ2v) is 4.59. The highest BCUT2D eigenvalue weighted by atomic mass is 16.4. The first kappa shape index (κ1) is 18.7. The molecule has 0 rings (SSSR count). The molecule has 0 aliphatic rings. The Balaban J connectivity index is 4.46. The van der Waals surface area contributed by atoms with E-state index in [0.29, 0.717) is 6.54 Å². The lowest BCUT2D eigenvalue weighted by molar-refractivity contribution is -0.139. The zero-order chi connectivity index (χ0) is 16.6. The number of likely N-dealkylation sites (N-methyl/N-ethyl adjacent to an activating group) is 1. The van der Waals surface area contributed by atoms with E-state index in [1.807, 2.05) is 0 Å². The van der Waals surface area contributed by atoms with E-state index >= 15 is 0 Å². The molecule has 0 saturated carbocycles. The van der Waals surface area contributed by atoms with Gasteiger partial charge in [0.05, 0.1) is 0 Å². The smallest absolute Gasteiger partial charge is 0.326 e. The summed E-state index contributed by atoms with van der Waals surface area (Å²) < 4.78 is 0. The Kier molecular flexibility index (Phi) is 7.80. The van der Waals surface area contributed by atoms with Crippen molar-refractivity contribution in [3.63, 3.8) is 0 Å². The Hall–Kier alpha value is -2.32. The van der Waals surface area contributed by atoms with Crippen molar-refractivity contribution in [3.8, 4) is 0 Å². The largest absolute Gasteiger partial charge is 0.480 e. The molecule has 0 spiro atoms. The average Bonchev–Trinajstić information content (AvgIpc) is 2.40. The molecule has 9 heteroatoms. The monoisotopic (exact) mass is 302 g/mol. The molecule has 21 heavy (non-hydrogen) atoms. The quantitative estimate of drug-likeness (QED) is 0.449. The Morgan fingerprint density at radius 3 is 2.24 bits per heavy atom. The standard InChI is InChI=1S/C12H22N4O5/c1-4-16(3)10(18)7(2)14-12(21)15-8(11(19)20)5-6-9(13)17/h7-8H,4-6H2,1-3H3,(H2,13,17)(H,19,20)(H2,14,15,21)/t7?,8-/m0/s1. The number of hydrogen-bond acceptors (Lipinski definition) is 4. The molecule has 4 amide bonds. The van der Waals surface area contributed by atoms with Crippen molar-refractivity contribution in [3.05, 3.63) is 0 Å². The van der Waals surface area contributed by atoms with Crippen LogP contribution in [0.1, 0.15) is 26.7 Å². The van der Waals surface area contributed by atoms with Crippen molar-refractivity contribution in [1.82, 2.24) is 15.5 Å². The van der Waals surface area contributed by atoms with Crippen molar-refractivity contribution in [2.75, 3.05) is 13.6 Å². The number of nitrogens with zero attached hydrogens (tertiary/aromatic N) is 1. The molecule has 5 N–H and O–H groups in total. The first-order valence-electron chi connectivity index (χ1n) is 6.52. The normalized spacial score (nSPS) is 12.9. The van der Waals surface area contributed by atoms with Gasteiger partial charge >= 0.3 is 12.0 Å². The van der Waals surface area contributed by atoms with Crippen LogP contribution in [0.3, 0.4) is 0 Å². The van der Waals surface area contributed by atoms with Crippen LogP contribution in [0.2, 0.25) is 0 Å². The maximum Gasteiger partial charge on any atom is 0.326 e. The number of carbonyl (C=O) groups is 4. The van der Waals surface area contributed by atoms with Gasteiger partial charge in [0.25, 0.3) is 0 Å². The minimum absolute atomic E-state index is 0.116. The first-order valence-corrected chi connectivity index (χ1v) is 6.52. The number of carbonyl (C=O) groups excluding carboxylic acids is 3. The highest BCUT2D eigenvalue weighted by Crippen LogP contribution is 1.98. The third-order valence-corrected chi connectivity index (χ3v) is 2.85. The Morgan fingerprint density at radius 1 is 1.24 bits per heavy atom. The fraction of sp³-hybridized carbons (Fsp3) is 0.667. The fourth-order valence-electron chi connectivity index (χ4n) is 1.49. The Morgan fingerprint density at radius 2 is 1.81 bits per heavy atom. The maximum absolute atomic E-state index is 11.8. The SMILES string of the molecule is CCN(C)C(=O)C(C)NC(=O)N[C@@H](CCC(N)=O)C(=O)O. The topological polar surface area (TPSA) is 142 Å². The second kappa shape index (κ2) is 8.77. The number of aliphatic carboxylic acids is 1. The van der Waals surface area contributed by atoms with Crippen LogP contribution in [0.15, 0.2) is 0 Å². The molecule has 0 aromatic heterocycles. The van der Waals surface area contributed by atoms with Gasteiger partial charge in [-0.15, -0.1) is 0 Å². The zero-order valence-corrected chi connectivity index (χ0v) is 12.4. The van der Waals surface area contributed by atoms with Crippen molar-refractivity contribution in [2.45, 2.75) is 38.8 Å². The number of carboxylic acids is 1. The van der Waals surface area contributed by atoms with Crippen LogP contribution < -0.4 is 16.4 Å². The van der Waals surface area contributed by atoms with Gasteiger partial charge in [-0.05, 0) is 20.3 Å². The lowest BCUT2D eigenvalue weighted by Gasteiger charge is -2.21. The van der Waals surface area contributed by atoms with Crippen LogP contribution in [-0.4, -0.2) is 59.5 Å². The molecule has 9 nitrogen and oxygen atoms in total. The second-order valence-electron chi connectivity index (χ2n) is 4.59. The number of primary amides is 1. The summed E-state index contributed by atoms with van der Waals surface area (Å²) in [4.78, 5) is 46.4. The van der Waals surface area contributed by atoms with Crippen LogP contribution >= 0.6 is 0 Å². The van der Waals surface area contributed by atoms with Crippen LogP contribution in [0.4, 0.5) is 4.79 Å². The molecule has 0 radical (unpaired) electrons. The van der Waals surface area contributed by atoms with Crippen molar-refractivity contribution < 1.29 is 24.3 Å². The van der Waals surface area contributed by atoms with E-state index in [1.54, 1.807) is 14.0 Å². The average molecular weight is 302 g/mol. The van der Waals surface area contributed by atoms with E-state index in [1.165, 1.54) is 11.8 Å². The van der Waals surface area contributed by atoms with Gasteiger partial charge in [-0.2, -0.15) is 0 Å². The molecule has 0 heterocycles. The van der Waals surface area contributed by atoms with Crippen LogP contribution in [-0.2, 0) is 14.4 Å². The van der Waals surface area contributed by atoms with Gasteiger partial charge in [0.15, 0.2) is 0 Å². The molecule has 2 atom stereocenters. The molecule has 0 fully saturated rings. The Bertz CT molecular complexity index is 412. The van der Waals surface area contributed by atoms with Crippen LogP contribution in [0.5, 0.6) is 0 Å². The van der Waals surface area contributed by atoms with E-state index in [2.05, 4.69) is 10.6 Å². The van der Waals surface area contributed by atoms with Crippen molar-refractivity contribution >= 4 is 23.8 Å². The Labute approximate surface area is 122 Å². The number of hydrogen-bond donors (Lipinski definition) is 4. The number of amides is 4. The molecule has 120 valence electrons. The minimum Gasteiger partial charge on any atom is -0.480 e. The number of carboxylic acid groups (broad SMARTS) is 1. The summed E-state index contributed by atoms with van der Waals surface area (Å²) in [6.45, 7) is 3.77. The highest BCUT2D eigenvalue weighted by Gasteiger charge is 2.23. The van der Waals surface area contributed by atoms with E-state index in [4.69, 9.17) is 10.8 Å². The van der Waals surface area contributed by atoms with Gasteiger partial charge in [0.2, 0.25) is 11.8 Å². The minimum atomic E-state index is -1.28. The fourth-order valence-corrected chi connectivity index (χ4v) is 1.49. The summed E-state index contributed by atoms with van der Waals surface area (Å²) in [5, 5.41) is 13.5. The zero-order valence-electron chi connectivity index (χ0n) is 12.4. The number of rotatable bonds is 8. The third kappa shape index (κ3) is 7.14. The van der Waals surface area contributed by atoms with Gasteiger partial charge in [-0.1, -0.05) is 0 Å². The predicted octanol–water partition coefficient (Wildman–Crippen LogP) is -1.13. The van der Waals surface area contributed by atoms with Crippen molar-refractivity contribution in [2.24, 2.45) is 5.73 Å². The predicted molar refractivity (Wildman–Crippen MR) is 74.3 cm³/mol. The van der Waals surface area contributed by atoms with Crippen molar-refractivity contribution in [1.29, 1.82) is 0 Å². The van der Waals surface area contributed by atoms with E-state index in [-0.39, 0.29) is 18.7 Å². The first-order chi connectivity index (χ1) is 9.68. The maximum atomic E-state index is 11.8. The lowest BCUT2D eigenvalue weighted by Crippen LogP contribution is -2.52. The summed E-state index contributed by atoms with van der Waals surface area (Å²) in [7, 11) is 1.59. The summed E-state index contributed by atoms with van der Waals surface area (Å²) in [6, 6.07) is -2.83. The number of nitrogens with one attached hydrogen (secondary N) is 2. The van der Waals surface area contributed by atoms with Crippen LogP contribution in [0, 0.1) is 0 Å². The molecule has 0 aliphatic carbocycles. The molecule has 0 aromatic carbocycles. The molecule has 0 aromatic rings. The summed E-state index contributed by atoms with van der Waals surface area (Å²) in [6.07, 6.45) is -0.278. The third-order valence-electron chi connectivity index (χ3n) is 2.85. The molecule has 0 bridgehead atoms. The van der Waals surface area contributed by atoms with Gasteiger partial charge in [0.1, 0.15) is 12.1 Å². The van der Waals surface area contributed by atoms with Gasteiger partial charge in [-0.25, -0.2) is 9.59 Å². The van der Waals surface area contributed by atoms with Gasteiger partial charge in [0, 0.05) is 20.0 Å². The number of nitrogens with two attached hydrogens (primary N) is 1. The van der Waals surface area contributed by atoms with Crippen LogP contribution in [0.25, 0.3) is 0 Å². The lowest BCUT2D eigenvalue weighted by atomic mass is 10.1. The molecular formula is C12H22N4O5. The number of urea groups is 1. The molecule has 0 saturated heterocycles. The highest BCUT2D eigenvalue weighted by molar-refractivity contribution is 5.88. The van der Waals surface area contributed by atoms with E-state index in [9.17, 15) is 19.2 Å². The van der Waals surface area contributed by atoms with Gasteiger partial charge in [-0.3, -0.25) is 9.59 Å². The summed E-state index contributed by atoms with van der Waals surface area (Å²) in [5.74, 6) is -2.23. The molecule has 0 aliphatic heterocycles. The molecular weight excluding hydrogens is 280 g/mol. The van der Waals surface area contributed by atoms with E-state index in [0.717, 1.165) is 0 Å².